The largest absolute Gasteiger partial charge is 0.493 e. The summed E-state index contributed by atoms with van der Waals surface area (Å²) in [4.78, 5) is 11.6. The summed E-state index contributed by atoms with van der Waals surface area (Å²) >= 11 is 5.85. The molecule has 114 valence electrons. The molecule has 0 heterocycles. The molecule has 0 bridgehead atoms. The van der Waals surface area contributed by atoms with Crippen molar-refractivity contribution in [2.75, 3.05) is 6.61 Å². The predicted octanol–water partition coefficient (Wildman–Crippen LogP) is 4.75. The Bertz CT molecular complexity index is 675. The number of carbonyl (C=O) groups is 1. The van der Waals surface area contributed by atoms with Crippen molar-refractivity contribution in [1.29, 1.82) is 0 Å². The van der Waals surface area contributed by atoms with Gasteiger partial charge in [-0.05, 0) is 36.3 Å². The molecule has 0 saturated carbocycles. The average Bonchev–Trinajstić information content (AvgIpc) is 2.52. The van der Waals surface area contributed by atoms with E-state index in [0.29, 0.717) is 22.9 Å². The molecule has 2 aromatic carbocycles. The quantitative estimate of drug-likeness (QED) is 0.617. The van der Waals surface area contributed by atoms with Gasteiger partial charge in [0.05, 0.1) is 12.2 Å². The third-order valence-electron chi connectivity index (χ3n) is 3.07. The van der Waals surface area contributed by atoms with Gasteiger partial charge in [-0.2, -0.15) is 0 Å². The van der Waals surface area contributed by atoms with Gasteiger partial charge in [0.25, 0.3) is 0 Å². The minimum absolute atomic E-state index is 0.198. The summed E-state index contributed by atoms with van der Waals surface area (Å²) in [7, 11) is 0. The Morgan fingerprint density at radius 1 is 1.18 bits per heavy atom. The number of carboxylic acids is 1. The van der Waals surface area contributed by atoms with E-state index in [-0.39, 0.29) is 5.57 Å². The Morgan fingerprint density at radius 2 is 1.86 bits per heavy atom. The van der Waals surface area contributed by atoms with Crippen LogP contribution in [0.4, 0.5) is 0 Å². The van der Waals surface area contributed by atoms with Crippen LogP contribution in [0, 0.1) is 0 Å². The Kier molecular flexibility index (Phi) is 5.61. The summed E-state index contributed by atoms with van der Waals surface area (Å²) in [5, 5.41) is 10.1. The van der Waals surface area contributed by atoms with Crippen LogP contribution in [0.15, 0.2) is 48.5 Å². The van der Waals surface area contributed by atoms with Gasteiger partial charge in [-0.1, -0.05) is 48.9 Å². The van der Waals surface area contributed by atoms with Crippen molar-refractivity contribution < 1.29 is 14.6 Å². The van der Waals surface area contributed by atoms with Crippen LogP contribution in [-0.2, 0) is 4.79 Å². The zero-order valence-corrected chi connectivity index (χ0v) is 13.0. The number of para-hydroxylation sites is 1. The summed E-state index contributed by atoms with van der Waals surface area (Å²) < 4.78 is 5.66. The monoisotopic (exact) mass is 316 g/mol. The lowest BCUT2D eigenvalue weighted by Gasteiger charge is -2.09. The Labute approximate surface area is 134 Å². The highest BCUT2D eigenvalue weighted by atomic mass is 35.5. The van der Waals surface area contributed by atoms with E-state index in [0.717, 1.165) is 12.0 Å². The molecule has 2 aromatic rings. The molecule has 0 spiro atoms. The number of rotatable bonds is 6. The molecule has 1 N–H and O–H groups in total. The molecule has 3 nitrogen and oxygen atoms in total. The molecule has 0 amide bonds. The minimum atomic E-state index is -0.993. The van der Waals surface area contributed by atoms with Gasteiger partial charge in [0.1, 0.15) is 5.75 Å². The van der Waals surface area contributed by atoms with Gasteiger partial charge in [0, 0.05) is 10.6 Å². The average molecular weight is 317 g/mol. The van der Waals surface area contributed by atoms with Crippen LogP contribution in [0.1, 0.15) is 24.5 Å². The van der Waals surface area contributed by atoms with Gasteiger partial charge < -0.3 is 9.84 Å². The molecule has 0 aliphatic heterocycles. The molecule has 2 rings (SSSR count). The first kappa shape index (κ1) is 16.1. The van der Waals surface area contributed by atoms with Crippen molar-refractivity contribution >= 4 is 29.2 Å². The van der Waals surface area contributed by atoms with E-state index in [1.165, 1.54) is 0 Å². The molecular weight excluding hydrogens is 300 g/mol. The van der Waals surface area contributed by atoms with Crippen molar-refractivity contribution in [3.8, 4) is 5.75 Å². The molecule has 0 fully saturated rings. The molecule has 0 unspecified atom stereocenters. The molecule has 22 heavy (non-hydrogen) atoms. The summed E-state index contributed by atoms with van der Waals surface area (Å²) in [5.74, 6) is -0.315. The van der Waals surface area contributed by atoms with Gasteiger partial charge in [-0.25, -0.2) is 4.79 Å². The van der Waals surface area contributed by atoms with Gasteiger partial charge in [-0.15, -0.1) is 0 Å². The molecule has 0 saturated heterocycles. The van der Waals surface area contributed by atoms with Crippen LogP contribution in [-0.4, -0.2) is 17.7 Å². The maximum absolute atomic E-state index is 11.6. The minimum Gasteiger partial charge on any atom is -0.493 e. The second-order valence-corrected chi connectivity index (χ2v) is 5.19. The fraction of sp³-hybridized carbons (Fsp3) is 0.167. The second kappa shape index (κ2) is 7.66. The maximum atomic E-state index is 11.6. The number of hydrogen-bond acceptors (Lipinski definition) is 2. The first-order valence-electron chi connectivity index (χ1n) is 7.04. The van der Waals surface area contributed by atoms with Crippen LogP contribution in [0.5, 0.6) is 5.75 Å². The van der Waals surface area contributed by atoms with Crippen LogP contribution < -0.4 is 4.74 Å². The van der Waals surface area contributed by atoms with E-state index in [4.69, 9.17) is 16.3 Å². The van der Waals surface area contributed by atoms with Crippen molar-refractivity contribution in [3.05, 3.63) is 64.7 Å². The number of halogens is 1. The summed E-state index contributed by atoms with van der Waals surface area (Å²) in [5.41, 5.74) is 1.54. The fourth-order valence-electron chi connectivity index (χ4n) is 2.00. The highest BCUT2D eigenvalue weighted by molar-refractivity contribution is 6.30. The van der Waals surface area contributed by atoms with Gasteiger partial charge in [-0.3, -0.25) is 0 Å². The first-order valence-corrected chi connectivity index (χ1v) is 7.42. The number of benzene rings is 2. The second-order valence-electron chi connectivity index (χ2n) is 4.76. The smallest absolute Gasteiger partial charge is 0.336 e. The highest BCUT2D eigenvalue weighted by Crippen LogP contribution is 2.26. The third-order valence-corrected chi connectivity index (χ3v) is 3.32. The van der Waals surface area contributed by atoms with Gasteiger partial charge in [0.15, 0.2) is 0 Å². The van der Waals surface area contributed by atoms with E-state index in [1.807, 2.05) is 31.2 Å². The van der Waals surface area contributed by atoms with E-state index in [1.54, 1.807) is 30.3 Å². The molecule has 0 atom stereocenters. The summed E-state index contributed by atoms with van der Waals surface area (Å²) in [6.07, 6.45) is 2.51. The van der Waals surface area contributed by atoms with E-state index in [9.17, 15) is 9.90 Å². The Balaban J connectivity index is 2.42. The predicted molar refractivity (Wildman–Crippen MR) is 89.2 cm³/mol. The molecule has 0 aromatic heterocycles. The summed E-state index contributed by atoms with van der Waals surface area (Å²) in [6.45, 7) is 2.61. The zero-order chi connectivity index (χ0) is 15.9. The first-order chi connectivity index (χ1) is 10.6. The summed E-state index contributed by atoms with van der Waals surface area (Å²) in [6, 6.07) is 14.1. The number of carboxylic acid groups (broad SMARTS) is 1. The van der Waals surface area contributed by atoms with E-state index in [2.05, 4.69) is 0 Å². The van der Waals surface area contributed by atoms with Crippen molar-refractivity contribution in [1.82, 2.24) is 0 Å². The molecule has 4 heteroatoms. The SMILES string of the molecule is CCCOc1ccccc1/C=C(\C(=O)O)c1ccc(Cl)cc1. The Morgan fingerprint density at radius 3 is 2.50 bits per heavy atom. The lowest BCUT2D eigenvalue weighted by Crippen LogP contribution is -2.01. The van der Waals surface area contributed by atoms with Crippen molar-refractivity contribution in [2.24, 2.45) is 0 Å². The zero-order valence-electron chi connectivity index (χ0n) is 12.3. The van der Waals surface area contributed by atoms with E-state index < -0.39 is 5.97 Å². The van der Waals surface area contributed by atoms with Crippen LogP contribution in [0.25, 0.3) is 11.6 Å². The number of ether oxygens (including phenoxy) is 1. The highest BCUT2D eigenvalue weighted by Gasteiger charge is 2.12. The van der Waals surface area contributed by atoms with Crippen LogP contribution >= 0.6 is 11.6 Å². The lowest BCUT2D eigenvalue weighted by molar-refractivity contribution is -0.130. The van der Waals surface area contributed by atoms with Gasteiger partial charge in [0.2, 0.25) is 0 Å². The molecule has 0 aliphatic rings. The Hall–Kier alpha value is -2.26. The maximum Gasteiger partial charge on any atom is 0.336 e. The third kappa shape index (κ3) is 4.12. The van der Waals surface area contributed by atoms with Crippen LogP contribution in [0.2, 0.25) is 5.02 Å². The van der Waals surface area contributed by atoms with Crippen LogP contribution in [0.3, 0.4) is 0 Å². The fourth-order valence-corrected chi connectivity index (χ4v) is 2.12. The standard InChI is InChI=1S/C18H17ClO3/c1-2-11-22-17-6-4-3-5-14(17)12-16(18(20)21)13-7-9-15(19)10-8-13/h3-10,12H,2,11H2,1H3,(H,20,21)/b16-12-. The topological polar surface area (TPSA) is 46.5 Å². The van der Waals surface area contributed by atoms with Crippen molar-refractivity contribution in [2.45, 2.75) is 13.3 Å². The number of aliphatic carboxylic acids is 1. The lowest BCUT2D eigenvalue weighted by atomic mass is 10.0. The molecule has 0 aliphatic carbocycles. The van der Waals surface area contributed by atoms with E-state index >= 15 is 0 Å². The molecule has 0 radical (unpaired) electrons. The molecular formula is C18H17ClO3. The number of hydrogen-bond donors (Lipinski definition) is 1. The van der Waals surface area contributed by atoms with Crippen molar-refractivity contribution in [3.63, 3.8) is 0 Å². The van der Waals surface area contributed by atoms with Gasteiger partial charge >= 0.3 is 5.97 Å². The normalized spacial score (nSPS) is 11.3.